The number of hydrogen-bond donors (Lipinski definition) is 2. The topological polar surface area (TPSA) is 77.6 Å². The standard InChI is InChI=1S/C19H19FN2O3/c1-19(2,23)11-24-13-4-5-14-16(10-13)22-8-7-17(14)25-18-6-3-12(21)9-15(18)20/h3-10,23H,11,21H2,1-2H3. The predicted molar refractivity (Wildman–Crippen MR) is 94.4 cm³/mol. The number of benzene rings is 2. The van der Waals surface area contributed by atoms with E-state index in [0.717, 1.165) is 0 Å². The Morgan fingerprint density at radius 1 is 1.12 bits per heavy atom. The summed E-state index contributed by atoms with van der Waals surface area (Å²) in [5.74, 6) is 0.611. The van der Waals surface area contributed by atoms with Crippen LogP contribution in [0.5, 0.6) is 17.2 Å². The van der Waals surface area contributed by atoms with Crippen molar-refractivity contribution in [2.75, 3.05) is 12.3 Å². The fourth-order valence-corrected chi connectivity index (χ4v) is 2.26. The Labute approximate surface area is 144 Å². The molecule has 1 heterocycles. The number of ether oxygens (including phenoxy) is 2. The molecule has 0 atom stereocenters. The Kier molecular flexibility index (Phi) is 4.46. The molecular formula is C19H19FN2O3. The van der Waals surface area contributed by atoms with Crippen LogP contribution in [0.2, 0.25) is 0 Å². The second kappa shape index (κ2) is 6.57. The van der Waals surface area contributed by atoms with E-state index in [4.69, 9.17) is 15.2 Å². The molecule has 2 aromatic carbocycles. The number of aliphatic hydroxyl groups is 1. The summed E-state index contributed by atoms with van der Waals surface area (Å²) in [6.45, 7) is 3.49. The first kappa shape index (κ1) is 17.0. The van der Waals surface area contributed by atoms with E-state index < -0.39 is 11.4 Å². The van der Waals surface area contributed by atoms with E-state index in [-0.39, 0.29) is 12.4 Å². The van der Waals surface area contributed by atoms with Gasteiger partial charge in [-0.15, -0.1) is 0 Å². The van der Waals surface area contributed by atoms with E-state index in [2.05, 4.69) is 4.98 Å². The highest BCUT2D eigenvalue weighted by Crippen LogP contribution is 2.32. The Hall–Kier alpha value is -2.86. The van der Waals surface area contributed by atoms with Gasteiger partial charge in [0.05, 0.1) is 11.1 Å². The van der Waals surface area contributed by atoms with Crippen molar-refractivity contribution in [3.63, 3.8) is 0 Å². The Morgan fingerprint density at radius 3 is 2.64 bits per heavy atom. The number of rotatable bonds is 5. The van der Waals surface area contributed by atoms with Crippen LogP contribution in [0.3, 0.4) is 0 Å². The minimum atomic E-state index is -0.931. The number of anilines is 1. The quantitative estimate of drug-likeness (QED) is 0.688. The Balaban J connectivity index is 1.89. The molecule has 0 aliphatic carbocycles. The van der Waals surface area contributed by atoms with Crippen LogP contribution in [0.15, 0.2) is 48.7 Å². The zero-order valence-corrected chi connectivity index (χ0v) is 14.0. The number of hydrogen-bond acceptors (Lipinski definition) is 5. The van der Waals surface area contributed by atoms with Crippen molar-refractivity contribution in [3.8, 4) is 17.2 Å². The highest BCUT2D eigenvalue weighted by atomic mass is 19.1. The van der Waals surface area contributed by atoms with Gasteiger partial charge in [0.1, 0.15) is 18.1 Å². The van der Waals surface area contributed by atoms with Crippen molar-refractivity contribution in [1.29, 1.82) is 0 Å². The third kappa shape index (κ3) is 4.16. The van der Waals surface area contributed by atoms with Crippen LogP contribution >= 0.6 is 0 Å². The molecule has 0 aliphatic rings. The van der Waals surface area contributed by atoms with Crippen LogP contribution in [0.1, 0.15) is 13.8 Å². The van der Waals surface area contributed by atoms with Crippen LogP contribution in [0.4, 0.5) is 10.1 Å². The summed E-state index contributed by atoms with van der Waals surface area (Å²) in [5.41, 5.74) is 5.59. The summed E-state index contributed by atoms with van der Waals surface area (Å²) < 4.78 is 25.2. The monoisotopic (exact) mass is 342 g/mol. The smallest absolute Gasteiger partial charge is 0.167 e. The van der Waals surface area contributed by atoms with E-state index >= 15 is 0 Å². The molecule has 0 radical (unpaired) electrons. The largest absolute Gasteiger partial charge is 0.491 e. The SMILES string of the molecule is CC(C)(O)COc1ccc2c(Oc3ccc(N)cc3F)ccnc2c1. The van der Waals surface area contributed by atoms with Gasteiger partial charge in [0.2, 0.25) is 0 Å². The first-order valence-electron chi connectivity index (χ1n) is 7.79. The highest BCUT2D eigenvalue weighted by molar-refractivity contribution is 5.86. The number of halogens is 1. The summed E-state index contributed by atoms with van der Waals surface area (Å²) >= 11 is 0. The van der Waals surface area contributed by atoms with Crippen LogP contribution < -0.4 is 15.2 Å². The number of nitrogens with two attached hydrogens (primary N) is 1. The van der Waals surface area contributed by atoms with Crippen LogP contribution in [-0.2, 0) is 0 Å². The van der Waals surface area contributed by atoms with Gasteiger partial charge in [0.15, 0.2) is 11.6 Å². The molecule has 0 bridgehead atoms. The molecule has 0 saturated carbocycles. The van der Waals surface area contributed by atoms with Crippen LogP contribution in [0, 0.1) is 5.82 Å². The maximum absolute atomic E-state index is 13.9. The van der Waals surface area contributed by atoms with Gasteiger partial charge in [-0.05, 0) is 44.2 Å². The highest BCUT2D eigenvalue weighted by Gasteiger charge is 2.14. The van der Waals surface area contributed by atoms with Gasteiger partial charge in [0, 0.05) is 29.4 Å². The molecule has 25 heavy (non-hydrogen) atoms. The number of nitrogen functional groups attached to an aromatic ring is 1. The van der Waals surface area contributed by atoms with Gasteiger partial charge in [-0.25, -0.2) is 4.39 Å². The number of aromatic nitrogens is 1. The van der Waals surface area contributed by atoms with Crippen molar-refractivity contribution in [2.24, 2.45) is 0 Å². The van der Waals surface area contributed by atoms with Gasteiger partial charge in [-0.2, -0.15) is 0 Å². The average molecular weight is 342 g/mol. The van der Waals surface area contributed by atoms with Gasteiger partial charge in [0.25, 0.3) is 0 Å². The van der Waals surface area contributed by atoms with E-state index in [1.54, 1.807) is 50.4 Å². The molecule has 3 rings (SSSR count). The Morgan fingerprint density at radius 2 is 1.92 bits per heavy atom. The fourth-order valence-electron chi connectivity index (χ4n) is 2.26. The summed E-state index contributed by atoms with van der Waals surface area (Å²) in [5, 5.41) is 10.5. The van der Waals surface area contributed by atoms with Gasteiger partial charge >= 0.3 is 0 Å². The van der Waals surface area contributed by atoms with Crippen molar-refractivity contribution in [1.82, 2.24) is 4.98 Å². The fraction of sp³-hybridized carbons (Fsp3) is 0.211. The summed E-state index contributed by atoms with van der Waals surface area (Å²) in [7, 11) is 0. The normalized spacial score (nSPS) is 11.5. The summed E-state index contributed by atoms with van der Waals surface area (Å²) in [6.07, 6.45) is 1.58. The van der Waals surface area contributed by atoms with Crippen LogP contribution in [-0.4, -0.2) is 22.3 Å². The second-order valence-corrected chi connectivity index (χ2v) is 6.38. The lowest BCUT2D eigenvalue weighted by molar-refractivity contribution is 0.0285. The molecule has 0 amide bonds. The predicted octanol–water partition coefficient (Wildman–Crippen LogP) is 3.90. The van der Waals surface area contributed by atoms with Crippen molar-refractivity contribution in [2.45, 2.75) is 19.4 Å². The molecular weight excluding hydrogens is 323 g/mol. The Bertz CT molecular complexity index is 907. The van der Waals surface area contributed by atoms with Crippen molar-refractivity contribution < 1.29 is 19.0 Å². The van der Waals surface area contributed by atoms with Gasteiger partial charge in [-0.3, -0.25) is 4.98 Å². The van der Waals surface area contributed by atoms with E-state index in [0.29, 0.717) is 28.1 Å². The van der Waals surface area contributed by atoms with Crippen molar-refractivity contribution in [3.05, 3.63) is 54.5 Å². The maximum Gasteiger partial charge on any atom is 0.167 e. The molecule has 3 N–H and O–H groups in total. The van der Waals surface area contributed by atoms with Gasteiger partial charge in [-0.1, -0.05) is 0 Å². The summed E-state index contributed by atoms with van der Waals surface area (Å²) in [4.78, 5) is 4.29. The molecule has 130 valence electrons. The lowest BCUT2D eigenvalue weighted by Crippen LogP contribution is -2.27. The molecule has 5 nitrogen and oxygen atoms in total. The molecule has 0 aliphatic heterocycles. The van der Waals surface area contributed by atoms with E-state index in [1.165, 1.54) is 12.1 Å². The second-order valence-electron chi connectivity index (χ2n) is 6.38. The third-order valence-electron chi connectivity index (χ3n) is 3.44. The maximum atomic E-state index is 13.9. The van der Waals surface area contributed by atoms with E-state index in [1.807, 2.05) is 0 Å². The summed E-state index contributed by atoms with van der Waals surface area (Å²) in [6, 6.07) is 11.2. The minimum Gasteiger partial charge on any atom is -0.491 e. The minimum absolute atomic E-state index is 0.0871. The first-order valence-corrected chi connectivity index (χ1v) is 7.79. The molecule has 0 saturated heterocycles. The zero-order valence-electron chi connectivity index (χ0n) is 14.0. The van der Waals surface area contributed by atoms with E-state index in [9.17, 15) is 9.50 Å². The van der Waals surface area contributed by atoms with Crippen LogP contribution in [0.25, 0.3) is 10.9 Å². The first-order chi connectivity index (χ1) is 11.8. The lowest BCUT2D eigenvalue weighted by atomic mass is 10.1. The molecule has 0 spiro atoms. The third-order valence-corrected chi connectivity index (χ3v) is 3.44. The molecule has 1 aromatic heterocycles. The number of pyridine rings is 1. The molecule has 6 heteroatoms. The molecule has 3 aromatic rings. The number of nitrogens with zero attached hydrogens (tertiary/aromatic N) is 1. The molecule has 0 fully saturated rings. The van der Waals surface area contributed by atoms with Gasteiger partial charge < -0.3 is 20.3 Å². The average Bonchev–Trinajstić information content (AvgIpc) is 2.55. The lowest BCUT2D eigenvalue weighted by Gasteiger charge is -2.18. The van der Waals surface area contributed by atoms with Crippen molar-refractivity contribution >= 4 is 16.6 Å². The number of fused-ring (bicyclic) bond motifs is 1. The zero-order chi connectivity index (χ0) is 18.0. The molecule has 0 unspecified atom stereocenters.